The first-order valence-corrected chi connectivity index (χ1v) is 8.24. The Morgan fingerprint density at radius 2 is 1.71 bits per heavy atom. The summed E-state index contributed by atoms with van der Waals surface area (Å²) >= 11 is 0. The zero-order chi connectivity index (χ0) is 17.2. The number of anilines is 1. The first-order chi connectivity index (χ1) is 11.5. The lowest BCUT2D eigenvalue weighted by Gasteiger charge is -2.28. The van der Waals surface area contributed by atoms with E-state index in [1.54, 1.807) is 12.1 Å². The Morgan fingerprint density at radius 3 is 2.29 bits per heavy atom. The number of rotatable bonds is 4. The minimum absolute atomic E-state index is 0.00243. The Hall–Kier alpha value is -2.62. The molecule has 4 heteroatoms. The summed E-state index contributed by atoms with van der Waals surface area (Å²) in [5, 5.41) is 12.1. The van der Waals surface area contributed by atoms with Crippen molar-refractivity contribution >= 4 is 17.6 Å². The molecule has 2 N–H and O–H groups in total. The van der Waals surface area contributed by atoms with E-state index >= 15 is 0 Å². The van der Waals surface area contributed by atoms with Crippen molar-refractivity contribution in [3.63, 3.8) is 0 Å². The molecule has 2 aromatic rings. The van der Waals surface area contributed by atoms with Gasteiger partial charge in [-0.25, -0.2) is 4.79 Å². The second-order valence-corrected chi connectivity index (χ2v) is 6.44. The van der Waals surface area contributed by atoms with E-state index in [2.05, 4.69) is 5.32 Å². The molecule has 1 aliphatic carbocycles. The minimum atomic E-state index is -0.965. The molecule has 0 saturated heterocycles. The lowest BCUT2D eigenvalue weighted by Crippen LogP contribution is -2.38. The lowest BCUT2D eigenvalue weighted by molar-refractivity contribution is -0.121. The van der Waals surface area contributed by atoms with Crippen molar-refractivity contribution in [2.24, 2.45) is 0 Å². The minimum Gasteiger partial charge on any atom is -0.478 e. The van der Waals surface area contributed by atoms with Gasteiger partial charge in [0.1, 0.15) is 0 Å². The van der Waals surface area contributed by atoms with Gasteiger partial charge in [-0.05, 0) is 49.1 Å². The second-order valence-electron chi connectivity index (χ2n) is 6.44. The number of nitrogens with one attached hydrogen (secondary N) is 1. The van der Waals surface area contributed by atoms with Crippen molar-refractivity contribution in [2.45, 2.75) is 38.0 Å². The fourth-order valence-corrected chi connectivity index (χ4v) is 3.56. The van der Waals surface area contributed by atoms with Crippen LogP contribution in [0.5, 0.6) is 0 Å². The van der Waals surface area contributed by atoms with E-state index in [1.807, 2.05) is 37.3 Å². The maximum absolute atomic E-state index is 13.1. The normalized spacial score (nSPS) is 15.9. The first-order valence-electron chi connectivity index (χ1n) is 8.24. The molecule has 24 heavy (non-hydrogen) atoms. The average molecular weight is 323 g/mol. The third-order valence-corrected chi connectivity index (χ3v) is 4.94. The summed E-state index contributed by atoms with van der Waals surface area (Å²) in [6.07, 6.45) is 3.77. The molecule has 3 rings (SSSR count). The predicted molar refractivity (Wildman–Crippen MR) is 93.4 cm³/mol. The summed E-state index contributed by atoms with van der Waals surface area (Å²) < 4.78 is 0. The number of hydrogen-bond acceptors (Lipinski definition) is 2. The highest BCUT2D eigenvalue weighted by Gasteiger charge is 2.42. The molecule has 4 nitrogen and oxygen atoms in total. The maximum Gasteiger partial charge on any atom is 0.335 e. The highest BCUT2D eigenvalue weighted by atomic mass is 16.4. The zero-order valence-electron chi connectivity index (χ0n) is 13.7. The average Bonchev–Trinajstić information content (AvgIpc) is 3.08. The van der Waals surface area contributed by atoms with Crippen LogP contribution in [0.3, 0.4) is 0 Å². The van der Waals surface area contributed by atoms with Gasteiger partial charge in [0.05, 0.1) is 11.0 Å². The Bertz CT molecular complexity index is 762. The molecule has 0 bridgehead atoms. The number of carboxylic acids is 1. The molecule has 1 saturated carbocycles. The Labute approximate surface area is 141 Å². The number of amides is 1. The highest BCUT2D eigenvalue weighted by Crippen LogP contribution is 2.42. The first kappa shape index (κ1) is 16.2. The molecule has 0 spiro atoms. The van der Waals surface area contributed by atoms with E-state index in [0.717, 1.165) is 36.8 Å². The quantitative estimate of drug-likeness (QED) is 0.888. The van der Waals surface area contributed by atoms with Crippen LogP contribution in [0.1, 0.15) is 47.2 Å². The van der Waals surface area contributed by atoms with Gasteiger partial charge in [-0.3, -0.25) is 4.79 Å². The molecule has 0 atom stereocenters. The molecule has 0 unspecified atom stereocenters. The molecule has 1 aliphatic rings. The van der Waals surface area contributed by atoms with Crippen LogP contribution in [-0.4, -0.2) is 17.0 Å². The van der Waals surface area contributed by atoms with Gasteiger partial charge in [0.25, 0.3) is 0 Å². The highest BCUT2D eigenvalue weighted by molar-refractivity contribution is 6.00. The van der Waals surface area contributed by atoms with Gasteiger partial charge >= 0.3 is 5.97 Å². The second kappa shape index (κ2) is 6.48. The van der Waals surface area contributed by atoms with E-state index in [4.69, 9.17) is 5.11 Å². The van der Waals surface area contributed by atoms with E-state index in [1.165, 1.54) is 6.07 Å². The van der Waals surface area contributed by atoms with Gasteiger partial charge in [-0.2, -0.15) is 0 Å². The number of hydrogen-bond donors (Lipinski definition) is 2. The summed E-state index contributed by atoms with van der Waals surface area (Å²) in [6, 6.07) is 14.7. The number of carbonyl (C=O) groups is 2. The Morgan fingerprint density at radius 1 is 1.04 bits per heavy atom. The number of carbonyl (C=O) groups excluding carboxylic acids is 1. The molecule has 0 aromatic heterocycles. The number of aromatic carboxylic acids is 1. The SMILES string of the molecule is Cc1cc(C(=O)O)ccc1NC(=O)C1(c2ccccc2)CCCC1. The predicted octanol–water partition coefficient (Wildman–Crippen LogP) is 4.14. The van der Waals surface area contributed by atoms with Crippen molar-refractivity contribution in [3.8, 4) is 0 Å². The molecular formula is C20H21NO3. The Kier molecular flexibility index (Phi) is 4.38. The maximum atomic E-state index is 13.1. The van der Waals surface area contributed by atoms with E-state index in [9.17, 15) is 9.59 Å². The third-order valence-electron chi connectivity index (χ3n) is 4.94. The smallest absolute Gasteiger partial charge is 0.335 e. The van der Waals surface area contributed by atoms with Crippen LogP contribution in [0.15, 0.2) is 48.5 Å². The number of aryl methyl sites for hydroxylation is 1. The fourth-order valence-electron chi connectivity index (χ4n) is 3.56. The van der Waals surface area contributed by atoms with Crippen molar-refractivity contribution in [1.82, 2.24) is 0 Å². The zero-order valence-corrected chi connectivity index (χ0v) is 13.7. The standard InChI is InChI=1S/C20H21NO3/c1-14-13-15(18(22)23)9-10-17(14)21-19(24)20(11-5-6-12-20)16-7-3-2-4-8-16/h2-4,7-10,13H,5-6,11-12H2,1H3,(H,21,24)(H,22,23). The monoisotopic (exact) mass is 323 g/mol. The van der Waals surface area contributed by atoms with Crippen LogP contribution in [0, 0.1) is 6.92 Å². The lowest BCUT2D eigenvalue weighted by atomic mass is 9.78. The molecule has 1 fully saturated rings. The summed E-state index contributed by atoms with van der Waals surface area (Å²) in [6.45, 7) is 1.81. The molecule has 1 amide bonds. The van der Waals surface area contributed by atoms with Gasteiger partial charge in [-0.1, -0.05) is 43.2 Å². The van der Waals surface area contributed by atoms with Gasteiger partial charge < -0.3 is 10.4 Å². The van der Waals surface area contributed by atoms with Gasteiger partial charge in [0, 0.05) is 5.69 Å². The van der Waals surface area contributed by atoms with Crippen LogP contribution in [0.4, 0.5) is 5.69 Å². The molecular weight excluding hydrogens is 302 g/mol. The third kappa shape index (κ3) is 2.92. The van der Waals surface area contributed by atoms with Crippen LogP contribution < -0.4 is 5.32 Å². The van der Waals surface area contributed by atoms with E-state index < -0.39 is 11.4 Å². The number of benzene rings is 2. The van der Waals surface area contributed by atoms with Crippen molar-refractivity contribution in [3.05, 3.63) is 65.2 Å². The number of carboxylic acid groups (broad SMARTS) is 1. The van der Waals surface area contributed by atoms with Gasteiger partial charge in [0.2, 0.25) is 5.91 Å². The Balaban J connectivity index is 1.89. The summed E-state index contributed by atoms with van der Waals surface area (Å²) in [5.74, 6) is -0.968. The summed E-state index contributed by atoms with van der Waals surface area (Å²) in [5.41, 5.74) is 2.22. The molecule has 2 aromatic carbocycles. The van der Waals surface area contributed by atoms with Crippen molar-refractivity contribution in [2.75, 3.05) is 5.32 Å². The van der Waals surface area contributed by atoms with E-state index in [0.29, 0.717) is 5.69 Å². The molecule has 124 valence electrons. The molecule has 0 heterocycles. The summed E-state index contributed by atoms with van der Waals surface area (Å²) in [4.78, 5) is 24.1. The molecule has 0 radical (unpaired) electrons. The van der Waals surface area contributed by atoms with Crippen molar-refractivity contribution < 1.29 is 14.7 Å². The van der Waals surface area contributed by atoms with Crippen molar-refractivity contribution in [1.29, 1.82) is 0 Å². The largest absolute Gasteiger partial charge is 0.478 e. The van der Waals surface area contributed by atoms with Crippen LogP contribution in [-0.2, 0) is 10.2 Å². The van der Waals surface area contributed by atoms with Crippen LogP contribution in [0.2, 0.25) is 0 Å². The molecule has 0 aliphatic heterocycles. The van der Waals surface area contributed by atoms with Crippen LogP contribution in [0.25, 0.3) is 0 Å². The van der Waals surface area contributed by atoms with Gasteiger partial charge in [-0.15, -0.1) is 0 Å². The van der Waals surface area contributed by atoms with E-state index in [-0.39, 0.29) is 11.5 Å². The fraction of sp³-hybridized carbons (Fsp3) is 0.300. The van der Waals surface area contributed by atoms with Crippen LogP contribution >= 0.6 is 0 Å². The topological polar surface area (TPSA) is 66.4 Å². The summed E-state index contributed by atoms with van der Waals surface area (Å²) in [7, 11) is 0. The van der Waals surface area contributed by atoms with Gasteiger partial charge in [0.15, 0.2) is 0 Å².